The molecule has 0 aliphatic carbocycles. The van der Waals surface area contributed by atoms with Crippen LogP contribution < -0.4 is 5.32 Å². The molecule has 4 nitrogen and oxygen atoms in total. The molecule has 0 fully saturated rings. The van der Waals surface area contributed by atoms with Crippen LogP contribution in [0.1, 0.15) is 30.0 Å². The zero-order valence-electron chi connectivity index (χ0n) is 20.1. The van der Waals surface area contributed by atoms with Crippen molar-refractivity contribution in [1.29, 1.82) is 5.26 Å². The van der Waals surface area contributed by atoms with Crippen LogP contribution in [0.25, 0.3) is 22.4 Å². The van der Waals surface area contributed by atoms with E-state index in [1.54, 1.807) is 0 Å². The molecule has 1 amide bonds. The molecule has 0 aliphatic heterocycles. The average molecular weight is 478 g/mol. The molecule has 4 rings (SSSR count). The van der Waals surface area contributed by atoms with Crippen LogP contribution in [0, 0.1) is 25.2 Å². The molecule has 0 aliphatic rings. The first-order chi connectivity index (χ1) is 17.0. The van der Waals surface area contributed by atoms with E-state index in [1.807, 2.05) is 106 Å². The highest BCUT2D eigenvalue weighted by atomic mass is 32.2. The monoisotopic (exact) mass is 477 g/mol. The highest BCUT2D eigenvalue weighted by molar-refractivity contribution is 8.00. The van der Waals surface area contributed by atoms with Crippen LogP contribution >= 0.6 is 11.8 Å². The van der Waals surface area contributed by atoms with Crippen molar-refractivity contribution in [3.8, 4) is 28.5 Å². The molecule has 3 aromatic carbocycles. The summed E-state index contributed by atoms with van der Waals surface area (Å²) >= 11 is 1.35. The van der Waals surface area contributed by atoms with Gasteiger partial charge in [0, 0.05) is 16.8 Å². The molecule has 0 saturated heterocycles. The quantitative estimate of drug-likeness (QED) is 0.281. The number of pyridine rings is 1. The van der Waals surface area contributed by atoms with Gasteiger partial charge in [-0.05, 0) is 49.6 Å². The van der Waals surface area contributed by atoms with Crippen LogP contribution in [0.2, 0.25) is 0 Å². The van der Waals surface area contributed by atoms with Gasteiger partial charge in [-0.1, -0.05) is 91.0 Å². The van der Waals surface area contributed by atoms with Crippen molar-refractivity contribution in [2.45, 2.75) is 37.5 Å². The summed E-state index contributed by atoms with van der Waals surface area (Å²) in [4.78, 5) is 18.0. The smallest absolute Gasteiger partial charge is 0.237 e. The van der Waals surface area contributed by atoms with Gasteiger partial charge in [-0.2, -0.15) is 5.26 Å². The van der Waals surface area contributed by atoms with Gasteiger partial charge in [0.15, 0.2) is 0 Å². The number of anilines is 1. The SMILES string of the molecule is CCC(Sc1nc(-c2ccccc2)cc(-c2ccc(C)cc2)c1C#N)C(=O)Nc1cccc(C)c1. The molecule has 1 unspecified atom stereocenters. The van der Waals surface area contributed by atoms with Crippen LogP contribution in [0.4, 0.5) is 5.69 Å². The zero-order chi connectivity index (χ0) is 24.8. The summed E-state index contributed by atoms with van der Waals surface area (Å²) in [7, 11) is 0. The van der Waals surface area contributed by atoms with Gasteiger partial charge in [0.05, 0.1) is 16.5 Å². The van der Waals surface area contributed by atoms with E-state index < -0.39 is 5.25 Å². The van der Waals surface area contributed by atoms with E-state index in [9.17, 15) is 10.1 Å². The van der Waals surface area contributed by atoms with Gasteiger partial charge in [0.1, 0.15) is 11.1 Å². The minimum Gasteiger partial charge on any atom is -0.325 e. The number of carbonyl (C=O) groups is 1. The third-order valence-corrected chi connectivity index (χ3v) is 7.08. The number of rotatable bonds is 7. The Morgan fingerprint density at radius 1 is 0.943 bits per heavy atom. The lowest BCUT2D eigenvalue weighted by atomic mass is 9.98. The van der Waals surface area contributed by atoms with E-state index in [0.717, 1.165) is 39.2 Å². The Hall–Kier alpha value is -3.88. The lowest BCUT2D eigenvalue weighted by Gasteiger charge is -2.18. The molecule has 174 valence electrons. The van der Waals surface area contributed by atoms with Gasteiger partial charge in [-0.15, -0.1) is 0 Å². The van der Waals surface area contributed by atoms with Crippen LogP contribution in [0.5, 0.6) is 0 Å². The maximum absolute atomic E-state index is 13.2. The molecule has 0 bridgehead atoms. The van der Waals surface area contributed by atoms with Gasteiger partial charge in [0.25, 0.3) is 0 Å². The standard InChI is InChI=1S/C30H27N3OS/c1-4-28(29(34)32-24-12-8-9-21(3)17-24)35-30-26(19-31)25(22-15-13-20(2)14-16-22)18-27(33-30)23-10-6-5-7-11-23/h5-18,28H,4H2,1-3H3,(H,32,34). The van der Waals surface area contributed by atoms with E-state index in [1.165, 1.54) is 11.8 Å². The number of nitriles is 1. The van der Waals surface area contributed by atoms with E-state index in [-0.39, 0.29) is 5.91 Å². The van der Waals surface area contributed by atoms with Gasteiger partial charge in [-0.25, -0.2) is 4.98 Å². The summed E-state index contributed by atoms with van der Waals surface area (Å²) in [5.41, 5.74) is 6.99. The number of benzene rings is 3. The number of aryl methyl sites for hydroxylation is 2. The van der Waals surface area contributed by atoms with Gasteiger partial charge in [-0.3, -0.25) is 4.79 Å². The Labute approximate surface area is 211 Å². The maximum Gasteiger partial charge on any atom is 0.237 e. The summed E-state index contributed by atoms with van der Waals surface area (Å²) < 4.78 is 0. The Balaban J connectivity index is 1.76. The highest BCUT2D eigenvalue weighted by Gasteiger charge is 2.23. The molecule has 1 atom stereocenters. The van der Waals surface area contributed by atoms with Crippen LogP contribution in [0.3, 0.4) is 0 Å². The molecule has 1 N–H and O–H groups in total. The van der Waals surface area contributed by atoms with Crippen LogP contribution in [-0.4, -0.2) is 16.1 Å². The Bertz CT molecular complexity index is 1380. The van der Waals surface area contributed by atoms with Crippen molar-refractivity contribution in [3.63, 3.8) is 0 Å². The first kappa shape index (κ1) is 24.3. The van der Waals surface area contributed by atoms with Gasteiger partial charge >= 0.3 is 0 Å². The first-order valence-corrected chi connectivity index (χ1v) is 12.5. The fourth-order valence-corrected chi connectivity index (χ4v) is 4.86. The molecule has 0 saturated carbocycles. The topological polar surface area (TPSA) is 65.8 Å². The van der Waals surface area contributed by atoms with Gasteiger partial charge < -0.3 is 5.32 Å². The van der Waals surface area contributed by atoms with Crippen molar-refractivity contribution in [3.05, 3.63) is 102 Å². The average Bonchev–Trinajstić information content (AvgIpc) is 2.87. The summed E-state index contributed by atoms with van der Waals surface area (Å²) in [5.74, 6) is -0.101. The highest BCUT2D eigenvalue weighted by Crippen LogP contribution is 2.36. The number of nitrogens with zero attached hydrogens (tertiary/aromatic N) is 2. The number of hydrogen-bond acceptors (Lipinski definition) is 4. The van der Waals surface area contributed by atoms with Crippen LogP contribution in [0.15, 0.2) is 90.0 Å². The van der Waals surface area contributed by atoms with Crippen molar-refractivity contribution >= 4 is 23.4 Å². The van der Waals surface area contributed by atoms with E-state index in [2.05, 4.69) is 11.4 Å². The van der Waals surface area contributed by atoms with Crippen molar-refractivity contribution in [2.75, 3.05) is 5.32 Å². The summed E-state index contributed by atoms with van der Waals surface area (Å²) in [6, 6.07) is 30.1. The van der Waals surface area contributed by atoms with E-state index in [0.29, 0.717) is 17.0 Å². The third kappa shape index (κ3) is 5.79. The summed E-state index contributed by atoms with van der Waals surface area (Å²) in [6.07, 6.45) is 0.601. The second-order valence-electron chi connectivity index (χ2n) is 8.45. The molecule has 5 heteroatoms. The summed E-state index contributed by atoms with van der Waals surface area (Å²) in [5, 5.41) is 13.4. The molecule has 1 heterocycles. The predicted molar refractivity (Wildman–Crippen MR) is 144 cm³/mol. The second-order valence-corrected chi connectivity index (χ2v) is 9.64. The summed E-state index contributed by atoms with van der Waals surface area (Å²) in [6.45, 7) is 6.00. The number of thioether (sulfide) groups is 1. The molecular weight excluding hydrogens is 450 g/mol. The molecule has 0 radical (unpaired) electrons. The van der Waals surface area contributed by atoms with Crippen molar-refractivity contribution in [2.24, 2.45) is 0 Å². The zero-order valence-corrected chi connectivity index (χ0v) is 20.9. The first-order valence-electron chi connectivity index (χ1n) is 11.6. The lowest BCUT2D eigenvalue weighted by molar-refractivity contribution is -0.115. The Morgan fingerprint density at radius 2 is 1.69 bits per heavy atom. The number of carbonyl (C=O) groups excluding carboxylic acids is 1. The molecule has 4 aromatic rings. The normalized spacial score (nSPS) is 11.5. The second kappa shape index (κ2) is 11.0. The third-order valence-electron chi connectivity index (χ3n) is 5.73. The maximum atomic E-state index is 13.2. The van der Waals surface area contributed by atoms with Crippen molar-refractivity contribution in [1.82, 2.24) is 4.98 Å². The molecular formula is C30H27N3OS. The fourth-order valence-electron chi connectivity index (χ4n) is 3.84. The Kier molecular flexibility index (Phi) is 7.64. The van der Waals surface area contributed by atoms with Gasteiger partial charge in [0.2, 0.25) is 5.91 Å². The van der Waals surface area contributed by atoms with Crippen LogP contribution in [-0.2, 0) is 4.79 Å². The van der Waals surface area contributed by atoms with Crippen molar-refractivity contribution < 1.29 is 4.79 Å². The molecule has 0 spiro atoms. The van der Waals surface area contributed by atoms with E-state index in [4.69, 9.17) is 4.98 Å². The molecule has 1 aromatic heterocycles. The lowest BCUT2D eigenvalue weighted by Crippen LogP contribution is -2.25. The number of amides is 1. The largest absolute Gasteiger partial charge is 0.325 e. The Morgan fingerprint density at radius 3 is 2.34 bits per heavy atom. The van der Waals surface area contributed by atoms with E-state index >= 15 is 0 Å². The number of nitrogens with one attached hydrogen (secondary N) is 1. The molecule has 35 heavy (non-hydrogen) atoms. The minimum atomic E-state index is -0.396. The number of aromatic nitrogens is 1. The number of hydrogen-bond donors (Lipinski definition) is 1. The minimum absolute atomic E-state index is 0.101. The fraction of sp³-hybridized carbons (Fsp3) is 0.167. The predicted octanol–water partition coefficient (Wildman–Crippen LogP) is 7.41.